The molecule has 2 aromatic carbocycles. The van der Waals surface area contributed by atoms with Crippen molar-refractivity contribution in [2.75, 3.05) is 24.5 Å². The summed E-state index contributed by atoms with van der Waals surface area (Å²) in [7, 11) is 0. The van der Waals surface area contributed by atoms with Gasteiger partial charge < -0.3 is 9.80 Å². The normalized spacial score (nSPS) is 19.1. The number of hydrogen-bond donors (Lipinski definition) is 0. The highest BCUT2D eigenvalue weighted by Crippen LogP contribution is 2.33. The van der Waals surface area contributed by atoms with Crippen LogP contribution in [-0.2, 0) is 4.79 Å². The fraction of sp³-hybridized carbons (Fsp3) is 0.385. The van der Waals surface area contributed by atoms with Crippen LogP contribution in [0.1, 0.15) is 31.7 Å². The molecule has 1 aliphatic heterocycles. The number of amides is 1. The van der Waals surface area contributed by atoms with Crippen LogP contribution in [0, 0.1) is 12.8 Å². The van der Waals surface area contributed by atoms with E-state index in [0.717, 1.165) is 46.7 Å². The van der Waals surface area contributed by atoms with Gasteiger partial charge >= 0.3 is 0 Å². The number of piperazine rings is 1. The monoisotopic (exact) mass is 474 g/mol. The van der Waals surface area contributed by atoms with Crippen LogP contribution < -0.4 is 4.90 Å². The van der Waals surface area contributed by atoms with Crippen molar-refractivity contribution < 1.29 is 4.79 Å². The van der Waals surface area contributed by atoms with E-state index in [9.17, 15) is 4.79 Å². The summed E-state index contributed by atoms with van der Waals surface area (Å²) in [5.74, 6) is 2.07. The molecule has 1 saturated heterocycles. The summed E-state index contributed by atoms with van der Waals surface area (Å²) in [4.78, 5) is 22.3. The fourth-order valence-corrected chi connectivity index (χ4v) is 5.22. The SMILES string of the molecule is Cc1ccc(-c2nnc3c4ccc(Cl)cc4nc(N4CCN(C(=O)C5CCC5)[C@H](C)C4)n23)cc1. The molecule has 8 heteroatoms. The van der Waals surface area contributed by atoms with Crippen molar-refractivity contribution in [3.8, 4) is 11.4 Å². The van der Waals surface area contributed by atoms with E-state index in [4.69, 9.17) is 16.6 Å². The first-order valence-corrected chi connectivity index (χ1v) is 12.3. The van der Waals surface area contributed by atoms with Gasteiger partial charge in [-0.15, -0.1) is 10.2 Å². The number of carbonyl (C=O) groups is 1. The molecule has 2 aromatic heterocycles. The van der Waals surface area contributed by atoms with Crippen molar-refractivity contribution in [1.82, 2.24) is 24.5 Å². The molecule has 1 saturated carbocycles. The maximum absolute atomic E-state index is 12.9. The third-order valence-electron chi connectivity index (χ3n) is 7.24. The molecule has 3 heterocycles. The van der Waals surface area contributed by atoms with Crippen molar-refractivity contribution in [3.05, 3.63) is 53.1 Å². The molecule has 2 aliphatic rings. The molecule has 34 heavy (non-hydrogen) atoms. The lowest BCUT2D eigenvalue weighted by atomic mass is 9.84. The van der Waals surface area contributed by atoms with Gasteiger partial charge in [0.1, 0.15) is 0 Å². The Balaban J connectivity index is 1.45. The number of aryl methyl sites for hydroxylation is 1. The first-order chi connectivity index (χ1) is 16.5. The molecular weight excluding hydrogens is 448 g/mol. The fourth-order valence-electron chi connectivity index (χ4n) is 5.05. The number of benzene rings is 2. The van der Waals surface area contributed by atoms with Crippen LogP contribution in [0.3, 0.4) is 0 Å². The second kappa shape index (κ2) is 8.24. The maximum atomic E-state index is 12.9. The van der Waals surface area contributed by atoms with Gasteiger partial charge in [0, 0.05) is 47.6 Å². The third kappa shape index (κ3) is 3.50. The van der Waals surface area contributed by atoms with Crippen molar-refractivity contribution in [2.24, 2.45) is 5.92 Å². The second-order valence-electron chi connectivity index (χ2n) is 9.58. The summed E-state index contributed by atoms with van der Waals surface area (Å²) in [6.45, 7) is 6.31. The minimum absolute atomic E-state index is 0.105. The van der Waals surface area contributed by atoms with E-state index in [1.54, 1.807) is 0 Å². The molecule has 0 radical (unpaired) electrons. The minimum atomic E-state index is 0.105. The van der Waals surface area contributed by atoms with Gasteiger partial charge in [-0.25, -0.2) is 9.38 Å². The van der Waals surface area contributed by atoms with Crippen molar-refractivity contribution in [2.45, 2.75) is 39.2 Å². The van der Waals surface area contributed by atoms with E-state index in [0.29, 0.717) is 30.6 Å². The summed E-state index contributed by atoms with van der Waals surface area (Å²) in [6, 6.07) is 14.1. The topological polar surface area (TPSA) is 66.6 Å². The van der Waals surface area contributed by atoms with Crippen LogP contribution >= 0.6 is 11.6 Å². The van der Waals surface area contributed by atoms with Crippen LogP contribution in [0.5, 0.6) is 0 Å². The molecule has 1 aliphatic carbocycles. The highest BCUT2D eigenvalue weighted by molar-refractivity contribution is 6.31. The van der Waals surface area contributed by atoms with Crippen molar-refractivity contribution in [3.63, 3.8) is 0 Å². The van der Waals surface area contributed by atoms with E-state index >= 15 is 0 Å². The predicted octanol–water partition coefficient (Wildman–Crippen LogP) is 4.74. The Bertz CT molecular complexity index is 1390. The summed E-state index contributed by atoms with van der Waals surface area (Å²) >= 11 is 6.31. The van der Waals surface area contributed by atoms with Crippen LogP contribution in [-0.4, -0.2) is 56.1 Å². The molecule has 0 N–H and O–H groups in total. The number of hydrogen-bond acceptors (Lipinski definition) is 5. The van der Waals surface area contributed by atoms with Crippen LogP contribution in [0.4, 0.5) is 5.95 Å². The largest absolute Gasteiger partial charge is 0.338 e. The molecule has 4 aromatic rings. The highest BCUT2D eigenvalue weighted by atomic mass is 35.5. The van der Waals surface area contributed by atoms with Gasteiger partial charge in [-0.05, 0) is 44.9 Å². The number of nitrogens with zero attached hydrogens (tertiary/aromatic N) is 6. The molecule has 6 rings (SSSR count). The van der Waals surface area contributed by atoms with Gasteiger partial charge in [-0.2, -0.15) is 0 Å². The van der Waals surface area contributed by atoms with Crippen LogP contribution in [0.15, 0.2) is 42.5 Å². The summed E-state index contributed by atoms with van der Waals surface area (Å²) in [6.07, 6.45) is 3.22. The zero-order chi connectivity index (χ0) is 23.4. The lowest BCUT2D eigenvalue weighted by Gasteiger charge is -2.43. The number of anilines is 1. The van der Waals surface area contributed by atoms with Crippen LogP contribution in [0.2, 0.25) is 5.02 Å². The Labute approximate surface area is 203 Å². The number of fused-ring (bicyclic) bond motifs is 3. The lowest BCUT2D eigenvalue weighted by molar-refractivity contribution is -0.140. The van der Waals surface area contributed by atoms with Gasteiger partial charge in [-0.1, -0.05) is 47.9 Å². The number of aromatic nitrogens is 4. The first kappa shape index (κ1) is 21.4. The number of halogens is 1. The maximum Gasteiger partial charge on any atom is 0.226 e. The standard InChI is InChI=1S/C26H27ClN6O/c1-16-6-8-18(9-7-16)23-29-30-24-21-11-10-20(27)14-22(21)28-26(33(23)24)31-12-13-32(17(2)15-31)25(34)19-4-3-5-19/h6-11,14,17,19H,3-5,12-13,15H2,1-2H3/t17-/m1/s1. The lowest BCUT2D eigenvalue weighted by Crippen LogP contribution is -2.56. The second-order valence-corrected chi connectivity index (χ2v) is 10.0. The predicted molar refractivity (Wildman–Crippen MR) is 134 cm³/mol. The quantitative estimate of drug-likeness (QED) is 0.429. The average molecular weight is 475 g/mol. The van der Waals surface area contributed by atoms with Crippen LogP contribution in [0.25, 0.3) is 27.9 Å². The van der Waals surface area contributed by atoms with E-state index in [2.05, 4.69) is 62.5 Å². The number of carbonyl (C=O) groups excluding carboxylic acids is 1. The van der Waals surface area contributed by atoms with Crippen molar-refractivity contribution in [1.29, 1.82) is 0 Å². The zero-order valence-electron chi connectivity index (χ0n) is 19.4. The Hall–Kier alpha value is -3.19. The third-order valence-corrected chi connectivity index (χ3v) is 7.48. The molecule has 1 amide bonds. The van der Waals surface area contributed by atoms with Gasteiger partial charge in [-0.3, -0.25) is 4.79 Å². The molecule has 7 nitrogen and oxygen atoms in total. The highest BCUT2D eigenvalue weighted by Gasteiger charge is 2.35. The summed E-state index contributed by atoms with van der Waals surface area (Å²) in [5, 5.41) is 10.7. The van der Waals surface area contributed by atoms with E-state index in [-0.39, 0.29) is 12.0 Å². The smallest absolute Gasteiger partial charge is 0.226 e. The summed E-state index contributed by atoms with van der Waals surface area (Å²) in [5.41, 5.74) is 3.73. The summed E-state index contributed by atoms with van der Waals surface area (Å²) < 4.78 is 2.05. The molecule has 0 spiro atoms. The van der Waals surface area contributed by atoms with E-state index < -0.39 is 0 Å². The molecule has 0 unspecified atom stereocenters. The minimum Gasteiger partial charge on any atom is -0.338 e. The Morgan fingerprint density at radius 3 is 2.56 bits per heavy atom. The van der Waals surface area contributed by atoms with Gasteiger partial charge in [0.25, 0.3) is 0 Å². The molecule has 174 valence electrons. The van der Waals surface area contributed by atoms with Gasteiger partial charge in [0.15, 0.2) is 11.5 Å². The first-order valence-electron chi connectivity index (χ1n) is 12.0. The average Bonchev–Trinajstić information content (AvgIpc) is 3.23. The zero-order valence-corrected chi connectivity index (χ0v) is 20.2. The number of rotatable bonds is 3. The van der Waals surface area contributed by atoms with Crippen molar-refractivity contribution >= 4 is 40.0 Å². The Morgan fingerprint density at radius 2 is 1.85 bits per heavy atom. The van der Waals surface area contributed by atoms with E-state index in [1.165, 1.54) is 12.0 Å². The molecule has 0 bridgehead atoms. The molecular formula is C26H27ClN6O. The Morgan fingerprint density at radius 1 is 1.06 bits per heavy atom. The Kier molecular flexibility index (Phi) is 5.17. The van der Waals surface area contributed by atoms with Gasteiger partial charge in [0.05, 0.1) is 5.52 Å². The van der Waals surface area contributed by atoms with E-state index in [1.807, 2.05) is 18.2 Å². The molecule has 2 fully saturated rings. The van der Waals surface area contributed by atoms with Gasteiger partial charge in [0.2, 0.25) is 11.9 Å². The molecule has 1 atom stereocenters.